The first-order valence-electron chi connectivity index (χ1n) is 10.0. The molecule has 10 nitrogen and oxygen atoms in total. The average molecular weight is 494 g/mol. The number of sulfone groups is 1. The molecule has 2 amide bonds. The molecule has 0 unspecified atom stereocenters. The Labute approximate surface area is 195 Å². The number of benzene rings is 2. The molecular weight excluding hydrogens is 471 g/mol. The minimum Gasteiger partial charge on any atom is -0.502 e. The largest absolute Gasteiger partial charge is 0.502 e. The van der Waals surface area contributed by atoms with Crippen molar-refractivity contribution >= 4 is 21.8 Å². The maximum Gasteiger partial charge on any atom is 0.338 e. The molecule has 1 heterocycles. The highest BCUT2D eigenvalue weighted by Gasteiger charge is 2.36. The van der Waals surface area contributed by atoms with Gasteiger partial charge < -0.3 is 30.0 Å². The molecule has 182 valence electrons. The molecule has 12 heteroatoms. The van der Waals surface area contributed by atoms with Crippen LogP contribution in [0.15, 0.2) is 52.6 Å². The van der Waals surface area contributed by atoms with Gasteiger partial charge in [0.1, 0.15) is 5.82 Å². The number of carbonyl (C=O) groups is 2. The van der Waals surface area contributed by atoms with E-state index in [0.717, 1.165) is 24.3 Å². The third-order valence-corrected chi connectivity index (χ3v) is 6.65. The van der Waals surface area contributed by atoms with Gasteiger partial charge in [0.05, 0.1) is 43.1 Å². The number of ether oxygens (including phenoxy) is 3. The summed E-state index contributed by atoms with van der Waals surface area (Å²) >= 11 is 0. The van der Waals surface area contributed by atoms with E-state index in [0.29, 0.717) is 0 Å². The van der Waals surface area contributed by atoms with Gasteiger partial charge in [-0.05, 0) is 48.9 Å². The number of carbonyl (C=O) groups excluding carboxylic acids is 2. The molecule has 34 heavy (non-hydrogen) atoms. The Morgan fingerprint density at radius 1 is 1.12 bits per heavy atom. The maximum atomic E-state index is 13.3. The van der Waals surface area contributed by atoms with Crippen LogP contribution in [-0.2, 0) is 19.4 Å². The molecule has 0 saturated carbocycles. The predicted octanol–water partition coefficient (Wildman–Crippen LogP) is 2.19. The van der Waals surface area contributed by atoms with Crippen molar-refractivity contribution in [3.63, 3.8) is 0 Å². The minimum atomic E-state index is -4.08. The van der Waals surface area contributed by atoms with Gasteiger partial charge in [-0.3, -0.25) is 0 Å². The van der Waals surface area contributed by atoms with Gasteiger partial charge in [-0.1, -0.05) is 0 Å². The molecule has 1 aliphatic heterocycles. The van der Waals surface area contributed by atoms with E-state index in [2.05, 4.69) is 10.6 Å². The molecule has 1 atom stereocenters. The highest BCUT2D eigenvalue weighted by Crippen LogP contribution is 2.41. The van der Waals surface area contributed by atoms with Gasteiger partial charge in [0.15, 0.2) is 21.3 Å². The Morgan fingerprint density at radius 2 is 1.71 bits per heavy atom. The topological polar surface area (TPSA) is 140 Å². The van der Waals surface area contributed by atoms with Crippen LogP contribution in [0, 0.1) is 5.82 Å². The number of methoxy groups -OCH3 is 2. The lowest BCUT2D eigenvalue weighted by molar-refractivity contribution is -0.139. The van der Waals surface area contributed by atoms with Crippen LogP contribution < -0.4 is 20.1 Å². The van der Waals surface area contributed by atoms with E-state index in [1.165, 1.54) is 26.4 Å². The zero-order chi connectivity index (χ0) is 25.0. The van der Waals surface area contributed by atoms with Crippen molar-refractivity contribution in [1.29, 1.82) is 0 Å². The minimum absolute atomic E-state index is 0.00539. The van der Waals surface area contributed by atoms with Crippen LogP contribution >= 0.6 is 0 Å². The van der Waals surface area contributed by atoms with Gasteiger partial charge in [-0.15, -0.1) is 0 Å². The van der Waals surface area contributed by atoms with E-state index in [4.69, 9.17) is 14.2 Å². The molecule has 0 aromatic heterocycles. The standard InChI is InChI=1S/C22H23FN2O8S/c1-4-33-21(27)18-15(11-34(29,30)14-7-5-13(23)6-8-14)24-22(28)25-19(18)12-9-16(31-2)20(26)17(10-12)32-3/h5-10,19,26H,4,11H2,1-3H3,(H2,24,25,28)/t19-/m1/s1. The van der Waals surface area contributed by atoms with E-state index in [9.17, 15) is 27.5 Å². The van der Waals surface area contributed by atoms with Crippen LogP contribution in [0.5, 0.6) is 17.2 Å². The van der Waals surface area contributed by atoms with Gasteiger partial charge in [0, 0.05) is 5.70 Å². The van der Waals surface area contributed by atoms with Crippen molar-refractivity contribution in [2.75, 3.05) is 26.6 Å². The number of rotatable bonds is 8. The number of hydrogen-bond donors (Lipinski definition) is 3. The van der Waals surface area contributed by atoms with Crippen molar-refractivity contribution in [2.45, 2.75) is 17.9 Å². The molecule has 0 fully saturated rings. The lowest BCUT2D eigenvalue weighted by Gasteiger charge is -2.29. The first-order valence-corrected chi connectivity index (χ1v) is 11.7. The Morgan fingerprint density at radius 3 is 2.24 bits per heavy atom. The van der Waals surface area contributed by atoms with Crippen molar-refractivity contribution in [3.8, 4) is 17.2 Å². The predicted molar refractivity (Wildman–Crippen MR) is 118 cm³/mol. The van der Waals surface area contributed by atoms with Crippen molar-refractivity contribution in [2.24, 2.45) is 0 Å². The highest BCUT2D eigenvalue weighted by molar-refractivity contribution is 7.91. The number of halogens is 1. The van der Waals surface area contributed by atoms with Crippen LogP contribution in [-0.4, -0.2) is 52.1 Å². The van der Waals surface area contributed by atoms with Crippen LogP contribution in [0.2, 0.25) is 0 Å². The van der Waals surface area contributed by atoms with Crippen LogP contribution in [0.25, 0.3) is 0 Å². The van der Waals surface area contributed by atoms with Crippen molar-refractivity contribution in [3.05, 3.63) is 59.0 Å². The van der Waals surface area contributed by atoms with Gasteiger partial charge in [0.25, 0.3) is 0 Å². The Hall–Kier alpha value is -3.80. The summed E-state index contributed by atoms with van der Waals surface area (Å²) < 4.78 is 54.6. The zero-order valence-electron chi connectivity index (χ0n) is 18.5. The molecule has 0 radical (unpaired) electrons. The SMILES string of the molecule is CCOC(=O)C1=C(CS(=O)(=O)c2ccc(F)cc2)NC(=O)N[C@@H]1c1cc(OC)c(O)c(OC)c1. The van der Waals surface area contributed by atoms with E-state index in [-0.39, 0.29) is 45.6 Å². The monoisotopic (exact) mass is 494 g/mol. The summed E-state index contributed by atoms with van der Waals surface area (Å²) in [5, 5.41) is 15.2. The summed E-state index contributed by atoms with van der Waals surface area (Å²) in [6.07, 6.45) is 0. The second kappa shape index (κ2) is 10.00. The molecule has 0 spiro atoms. The summed E-state index contributed by atoms with van der Waals surface area (Å²) in [6.45, 7) is 1.56. The summed E-state index contributed by atoms with van der Waals surface area (Å²) in [7, 11) is -1.47. The number of amides is 2. The first-order chi connectivity index (χ1) is 16.1. The number of nitrogens with one attached hydrogen (secondary N) is 2. The molecule has 0 aliphatic carbocycles. The fraction of sp³-hybridized carbons (Fsp3) is 0.273. The molecule has 3 N–H and O–H groups in total. The van der Waals surface area contributed by atoms with Crippen molar-refractivity contribution < 1.29 is 41.7 Å². The summed E-state index contributed by atoms with van der Waals surface area (Å²) in [4.78, 5) is 25.2. The molecule has 2 aromatic carbocycles. The second-order valence-corrected chi connectivity index (χ2v) is 9.12. The molecule has 2 aromatic rings. The molecule has 3 rings (SSSR count). The lowest BCUT2D eigenvalue weighted by Crippen LogP contribution is -2.47. The van der Waals surface area contributed by atoms with E-state index in [1.807, 2.05) is 0 Å². The second-order valence-electron chi connectivity index (χ2n) is 7.13. The average Bonchev–Trinajstić information content (AvgIpc) is 2.79. The molecular formula is C22H23FN2O8S. The molecule has 0 bridgehead atoms. The van der Waals surface area contributed by atoms with Gasteiger partial charge >= 0.3 is 12.0 Å². The van der Waals surface area contributed by atoms with Crippen molar-refractivity contribution in [1.82, 2.24) is 10.6 Å². The highest BCUT2D eigenvalue weighted by atomic mass is 32.2. The Balaban J connectivity index is 2.17. The third kappa shape index (κ3) is 5.06. The Kier molecular flexibility index (Phi) is 7.30. The number of aromatic hydroxyl groups is 1. The fourth-order valence-electron chi connectivity index (χ4n) is 3.43. The number of hydrogen-bond acceptors (Lipinski definition) is 8. The molecule has 0 saturated heterocycles. The summed E-state index contributed by atoms with van der Waals surface area (Å²) in [5.74, 6) is -2.53. The number of phenols is 1. The van der Waals surface area contributed by atoms with Crippen LogP contribution in [0.1, 0.15) is 18.5 Å². The van der Waals surface area contributed by atoms with Crippen LogP contribution in [0.3, 0.4) is 0 Å². The maximum absolute atomic E-state index is 13.3. The van der Waals surface area contributed by atoms with E-state index >= 15 is 0 Å². The Bertz CT molecular complexity index is 1220. The van der Waals surface area contributed by atoms with Crippen LogP contribution in [0.4, 0.5) is 9.18 Å². The van der Waals surface area contributed by atoms with Gasteiger partial charge in [0.2, 0.25) is 5.75 Å². The van der Waals surface area contributed by atoms with E-state index in [1.54, 1.807) is 6.92 Å². The number of urea groups is 1. The summed E-state index contributed by atoms with van der Waals surface area (Å²) in [6, 6.07) is 4.98. The number of esters is 1. The zero-order valence-corrected chi connectivity index (χ0v) is 19.4. The molecule has 1 aliphatic rings. The van der Waals surface area contributed by atoms with Gasteiger partial charge in [-0.25, -0.2) is 22.4 Å². The summed E-state index contributed by atoms with van der Waals surface area (Å²) in [5.41, 5.74) is -0.106. The smallest absolute Gasteiger partial charge is 0.338 e. The van der Waals surface area contributed by atoms with E-state index < -0.39 is 39.4 Å². The lowest BCUT2D eigenvalue weighted by atomic mass is 9.95. The number of phenolic OH excluding ortho intramolecular Hbond substituents is 1. The first kappa shape index (κ1) is 24.8. The van der Waals surface area contributed by atoms with Gasteiger partial charge in [-0.2, -0.15) is 0 Å². The normalized spacial score (nSPS) is 15.9. The quantitative estimate of drug-likeness (QED) is 0.375. The fourth-order valence-corrected chi connectivity index (χ4v) is 4.75. The third-order valence-electron chi connectivity index (χ3n) is 4.99.